The van der Waals surface area contributed by atoms with Crippen LogP contribution in [0.5, 0.6) is 0 Å². The van der Waals surface area contributed by atoms with Crippen LogP contribution in [0.1, 0.15) is 17.9 Å². The van der Waals surface area contributed by atoms with E-state index in [2.05, 4.69) is 14.6 Å². The third kappa shape index (κ3) is 5.29. The third-order valence-electron chi connectivity index (χ3n) is 5.91. The number of halogens is 6. The van der Waals surface area contributed by atoms with Gasteiger partial charge in [-0.15, -0.1) is 10.2 Å². The number of likely N-dealkylation sites (tertiary alicyclic amines) is 1. The molecule has 1 aliphatic heterocycles. The van der Waals surface area contributed by atoms with E-state index in [0.29, 0.717) is 13.1 Å². The van der Waals surface area contributed by atoms with Crippen molar-refractivity contribution in [3.8, 4) is 11.5 Å². The number of hydrogen-bond acceptors (Lipinski definition) is 5. The minimum absolute atomic E-state index is 0.00890. The van der Waals surface area contributed by atoms with Crippen molar-refractivity contribution in [3.05, 3.63) is 64.5 Å². The van der Waals surface area contributed by atoms with E-state index >= 15 is 4.39 Å². The number of rotatable bonds is 5. The fraction of sp³-hybridized carbons (Fsp3) is 0.348. The molecule has 1 fully saturated rings. The van der Waals surface area contributed by atoms with E-state index in [1.807, 2.05) is 19.0 Å². The normalized spacial score (nSPS) is 16.1. The summed E-state index contributed by atoms with van der Waals surface area (Å²) in [5, 5.41) is 6.04. The highest BCUT2D eigenvalue weighted by Crippen LogP contribution is 2.32. The topological polar surface area (TPSA) is 65.7 Å². The number of urea groups is 1. The number of carbonyl (C=O) groups excluding carboxylic acids is 1. The molecule has 0 bridgehead atoms. The Kier molecular flexibility index (Phi) is 7.19. The molecule has 1 saturated heterocycles. The molecule has 1 atom stereocenters. The van der Waals surface area contributed by atoms with Crippen LogP contribution in [0.25, 0.3) is 11.5 Å². The number of hydrogen-bond donors (Lipinski definition) is 0. The molecule has 4 rings (SSSR count). The molecule has 0 saturated carbocycles. The first-order chi connectivity index (χ1) is 17.0. The molecule has 1 unspecified atom stereocenters. The Morgan fingerprint density at radius 3 is 2.56 bits per heavy atom. The Bertz CT molecular complexity index is 1270. The first-order valence-electron chi connectivity index (χ1n) is 10.8. The smallest absolute Gasteiger partial charge is 0.413 e. The van der Waals surface area contributed by atoms with Crippen LogP contribution in [0.3, 0.4) is 0 Å². The van der Waals surface area contributed by atoms with Crippen molar-refractivity contribution in [1.29, 1.82) is 0 Å². The number of carbonyl (C=O) groups is 1. The van der Waals surface area contributed by atoms with E-state index < -0.39 is 35.6 Å². The Morgan fingerprint density at radius 2 is 1.94 bits per heavy atom. The summed E-state index contributed by atoms with van der Waals surface area (Å²) in [5.74, 6) is -3.77. The van der Waals surface area contributed by atoms with E-state index in [0.717, 1.165) is 17.4 Å². The van der Waals surface area contributed by atoms with Crippen molar-refractivity contribution in [3.63, 3.8) is 0 Å². The van der Waals surface area contributed by atoms with Crippen LogP contribution < -0.4 is 4.90 Å². The molecule has 0 aliphatic carbocycles. The lowest BCUT2D eigenvalue weighted by Crippen LogP contribution is -2.43. The van der Waals surface area contributed by atoms with Crippen LogP contribution in [0, 0.1) is 11.6 Å². The monoisotopic (exact) mass is 529 g/mol. The molecule has 2 heterocycles. The van der Waals surface area contributed by atoms with Gasteiger partial charge < -0.3 is 14.2 Å². The summed E-state index contributed by atoms with van der Waals surface area (Å²) in [5.41, 5.74) is -0.221. The van der Waals surface area contributed by atoms with Gasteiger partial charge in [-0.3, -0.25) is 4.90 Å². The average Bonchev–Trinajstić information content (AvgIpc) is 3.50. The van der Waals surface area contributed by atoms with Crippen molar-refractivity contribution < 1.29 is 31.2 Å². The number of anilines is 1. The molecule has 1 aromatic heterocycles. The standard InChI is InChI=1S/C23H21ClF5N5O2/c1-32(2)15-8-9-33(12-15)22(35)34(18-5-3-4-16(24)19(18)26)11-14-7-6-13(10-17(14)25)20-30-31-21(36-20)23(27,28)29/h3-7,10,15H,8-9,11-12H2,1-2H3. The van der Waals surface area contributed by atoms with Gasteiger partial charge in [0.25, 0.3) is 0 Å². The van der Waals surface area contributed by atoms with E-state index in [1.54, 1.807) is 4.90 Å². The largest absolute Gasteiger partial charge is 0.470 e. The Morgan fingerprint density at radius 1 is 1.19 bits per heavy atom. The molecule has 0 radical (unpaired) electrons. The maximum absolute atomic E-state index is 15.1. The molecule has 2 aromatic carbocycles. The summed E-state index contributed by atoms with van der Waals surface area (Å²) in [6.07, 6.45) is -4.12. The lowest BCUT2D eigenvalue weighted by molar-refractivity contribution is -0.156. The lowest BCUT2D eigenvalue weighted by atomic mass is 10.1. The van der Waals surface area contributed by atoms with Crippen LogP contribution >= 0.6 is 11.6 Å². The Balaban J connectivity index is 1.64. The van der Waals surface area contributed by atoms with Gasteiger partial charge in [0.1, 0.15) is 5.82 Å². The SMILES string of the molecule is CN(C)C1CCN(C(=O)N(Cc2ccc(-c3nnc(C(F)(F)F)o3)cc2F)c2cccc(Cl)c2F)C1. The van der Waals surface area contributed by atoms with Gasteiger partial charge in [-0.1, -0.05) is 23.7 Å². The molecule has 7 nitrogen and oxygen atoms in total. The van der Waals surface area contributed by atoms with E-state index in [-0.39, 0.29) is 34.4 Å². The average molecular weight is 530 g/mol. The van der Waals surface area contributed by atoms with Crippen molar-refractivity contribution in [1.82, 2.24) is 20.0 Å². The van der Waals surface area contributed by atoms with Gasteiger partial charge in [0.15, 0.2) is 5.82 Å². The van der Waals surface area contributed by atoms with Gasteiger partial charge >= 0.3 is 18.1 Å². The quantitative estimate of drug-likeness (QED) is 0.411. The number of aromatic nitrogens is 2. The predicted molar refractivity (Wildman–Crippen MR) is 121 cm³/mol. The predicted octanol–water partition coefficient (Wildman–Crippen LogP) is 5.45. The van der Waals surface area contributed by atoms with Crippen molar-refractivity contribution in [2.24, 2.45) is 0 Å². The van der Waals surface area contributed by atoms with Gasteiger partial charge in [-0.25, -0.2) is 13.6 Å². The summed E-state index contributed by atoms with van der Waals surface area (Å²) in [6, 6.07) is 7.21. The van der Waals surface area contributed by atoms with E-state index in [9.17, 15) is 22.4 Å². The van der Waals surface area contributed by atoms with Crippen LogP contribution in [0.2, 0.25) is 5.02 Å². The summed E-state index contributed by atoms with van der Waals surface area (Å²) >= 11 is 5.93. The van der Waals surface area contributed by atoms with Crippen LogP contribution in [0.4, 0.5) is 32.4 Å². The second kappa shape index (κ2) is 10.0. The van der Waals surface area contributed by atoms with Crippen molar-refractivity contribution in [2.75, 3.05) is 32.1 Å². The number of likely N-dealkylation sites (N-methyl/N-ethyl adjacent to an activating group) is 1. The molecule has 13 heteroatoms. The first kappa shape index (κ1) is 25.8. The highest BCUT2D eigenvalue weighted by atomic mass is 35.5. The highest BCUT2D eigenvalue weighted by molar-refractivity contribution is 6.31. The summed E-state index contributed by atoms with van der Waals surface area (Å²) in [7, 11) is 3.79. The second-order valence-corrected chi connectivity index (χ2v) is 8.92. The molecule has 3 aromatic rings. The number of alkyl halides is 3. The minimum Gasteiger partial charge on any atom is -0.413 e. The Labute approximate surface area is 208 Å². The zero-order valence-electron chi connectivity index (χ0n) is 19.2. The van der Waals surface area contributed by atoms with Crippen molar-refractivity contribution in [2.45, 2.75) is 25.2 Å². The first-order valence-corrected chi connectivity index (χ1v) is 11.2. The van der Waals surface area contributed by atoms with Crippen LogP contribution in [-0.4, -0.2) is 59.3 Å². The zero-order chi connectivity index (χ0) is 26.2. The summed E-state index contributed by atoms with van der Waals surface area (Å²) in [4.78, 5) is 18.1. The van der Waals surface area contributed by atoms with Gasteiger partial charge in [0, 0.05) is 30.3 Å². The number of amides is 2. The molecule has 0 spiro atoms. The molecule has 0 N–H and O–H groups in total. The van der Waals surface area contributed by atoms with Crippen LogP contribution in [-0.2, 0) is 12.7 Å². The fourth-order valence-corrected chi connectivity index (χ4v) is 4.07. The number of benzene rings is 2. The molecular formula is C23H21ClF5N5O2. The van der Waals surface area contributed by atoms with Gasteiger partial charge in [-0.05, 0) is 44.8 Å². The zero-order valence-corrected chi connectivity index (χ0v) is 19.9. The number of nitrogens with zero attached hydrogens (tertiary/aromatic N) is 5. The minimum atomic E-state index is -4.84. The second-order valence-electron chi connectivity index (χ2n) is 8.51. The molecule has 1 aliphatic rings. The molecule has 36 heavy (non-hydrogen) atoms. The third-order valence-corrected chi connectivity index (χ3v) is 6.20. The highest BCUT2D eigenvalue weighted by Gasteiger charge is 2.38. The molecule has 2 amide bonds. The van der Waals surface area contributed by atoms with Crippen LogP contribution in [0.15, 0.2) is 40.8 Å². The van der Waals surface area contributed by atoms with E-state index in [4.69, 9.17) is 11.6 Å². The fourth-order valence-electron chi connectivity index (χ4n) is 3.90. The van der Waals surface area contributed by atoms with Gasteiger partial charge in [-0.2, -0.15) is 13.2 Å². The maximum Gasteiger partial charge on any atom is 0.470 e. The van der Waals surface area contributed by atoms with E-state index in [1.165, 1.54) is 30.3 Å². The Hall–Kier alpha value is -3.25. The van der Waals surface area contributed by atoms with Gasteiger partial charge in [0.05, 0.1) is 17.3 Å². The lowest BCUT2D eigenvalue weighted by Gasteiger charge is -2.29. The summed E-state index contributed by atoms with van der Waals surface area (Å²) in [6.45, 7) is 0.480. The molecular weight excluding hydrogens is 509 g/mol. The maximum atomic E-state index is 15.1. The van der Waals surface area contributed by atoms with Gasteiger partial charge in [0.2, 0.25) is 5.89 Å². The van der Waals surface area contributed by atoms with Crippen molar-refractivity contribution >= 4 is 23.3 Å². The molecule has 192 valence electrons. The summed E-state index contributed by atoms with van der Waals surface area (Å²) < 4.78 is 72.8.